The fraction of sp³-hybridized carbons (Fsp3) is 0.400. The maximum absolute atomic E-state index is 10.6. The lowest BCUT2D eigenvalue weighted by atomic mass is 10.2. The zero-order valence-corrected chi connectivity index (χ0v) is 13.1. The van der Waals surface area contributed by atoms with E-state index in [1.54, 1.807) is 36.0 Å². The third kappa shape index (κ3) is 4.32. The van der Waals surface area contributed by atoms with Gasteiger partial charge in [0.1, 0.15) is 17.9 Å². The third-order valence-corrected chi connectivity index (χ3v) is 3.98. The largest absolute Gasteiger partial charge is 0.493 e. The summed E-state index contributed by atoms with van der Waals surface area (Å²) in [7, 11) is 1.99. The molecule has 0 amide bonds. The summed E-state index contributed by atoms with van der Waals surface area (Å²) in [4.78, 5) is 10.6. The molecule has 1 aromatic heterocycles. The molecule has 0 saturated carbocycles. The van der Waals surface area contributed by atoms with Crippen LogP contribution < -0.4 is 4.74 Å². The first kappa shape index (κ1) is 15.6. The summed E-state index contributed by atoms with van der Waals surface area (Å²) >= 11 is 1.63. The van der Waals surface area contributed by atoms with Crippen molar-refractivity contribution in [2.75, 3.05) is 12.4 Å². The lowest BCUT2D eigenvalue weighted by Crippen LogP contribution is -2.03. The molecule has 0 radical (unpaired) electrons. The van der Waals surface area contributed by atoms with Gasteiger partial charge in [0.2, 0.25) is 0 Å². The molecule has 1 aromatic carbocycles. The van der Waals surface area contributed by atoms with E-state index in [-0.39, 0.29) is 0 Å². The van der Waals surface area contributed by atoms with Crippen LogP contribution in [0.1, 0.15) is 29.5 Å². The Morgan fingerprint density at radius 2 is 2.05 bits per heavy atom. The van der Waals surface area contributed by atoms with Crippen LogP contribution in [-0.4, -0.2) is 33.4 Å². The van der Waals surface area contributed by atoms with Crippen molar-refractivity contribution in [1.29, 1.82) is 0 Å². The van der Waals surface area contributed by atoms with Crippen LogP contribution in [0.5, 0.6) is 5.75 Å². The van der Waals surface area contributed by atoms with E-state index in [0.29, 0.717) is 12.2 Å². The summed E-state index contributed by atoms with van der Waals surface area (Å²) in [6.45, 7) is 2.71. The Kier molecular flexibility index (Phi) is 5.80. The maximum atomic E-state index is 10.6. The molecule has 2 aromatic rings. The molecule has 0 spiro atoms. The smallest absolute Gasteiger partial charge is 0.191 e. The van der Waals surface area contributed by atoms with Crippen molar-refractivity contribution in [3.63, 3.8) is 0 Å². The molecule has 0 fully saturated rings. The van der Waals surface area contributed by atoms with Gasteiger partial charge in [-0.3, -0.25) is 4.79 Å². The topological polar surface area (TPSA) is 57.0 Å². The Morgan fingerprint density at radius 3 is 2.71 bits per heavy atom. The Morgan fingerprint density at radius 1 is 1.29 bits per heavy atom. The summed E-state index contributed by atoms with van der Waals surface area (Å²) in [6.07, 6.45) is 2.84. The van der Waals surface area contributed by atoms with Crippen LogP contribution in [-0.2, 0) is 13.5 Å². The van der Waals surface area contributed by atoms with Crippen LogP contribution in [0, 0.1) is 0 Å². The van der Waals surface area contributed by atoms with Crippen molar-refractivity contribution in [2.24, 2.45) is 7.05 Å². The Labute approximate surface area is 128 Å². The Bertz CT molecular complexity index is 581. The molecule has 0 unspecified atom stereocenters. The van der Waals surface area contributed by atoms with E-state index in [4.69, 9.17) is 4.74 Å². The Balaban J connectivity index is 1.77. The molecule has 112 valence electrons. The second-order valence-electron chi connectivity index (χ2n) is 4.59. The molecule has 0 aliphatic carbocycles. The first-order chi connectivity index (χ1) is 10.2. The van der Waals surface area contributed by atoms with Gasteiger partial charge in [-0.25, -0.2) is 0 Å². The third-order valence-electron chi connectivity index (χ3n) is 3.00. The average Bonchev–Trinajstić information content (AvgIpc) is 2.86. The Hall–Kier alpha value is -1.82. The van der Waals surface area contributed by atoms with Crippen LogP contribution in [0.25, 0.3) is 0 Å². The molecule has 0 N–H and O–H groups in total. The van der Waals surface area contributed by atoms with Gasteiger partial charge in [0, 0.05) is 24.8 Å². The number of rotatable bonds is 8. The highest BCUT2D eigenvalue weighted by Crippen LogP contribution is 2.17. The summed E-state index contributed by atoms with van der Waals surface area (Å²) in [5, 5.41) is 9.28. The molecular formula is C15H19N3O2S. The predicted molar refractivity (Wildman–Crippen MR) is 83.0 cm³/mol. The van der Waals surface area contributed by atoms with Gasteiger partial charge in [0.25, 0.3) is 0 Å². The predicted octanol–water partition coefficient (Wildman–Crippen LogP) is 2.75. The molecular weight excluding hydrogens is 286 g/mol. The van der Waals surface area contributed by atoms with Gasteiger partial charge in [-0.2, -0.15) is 0 Å². The summed E-state index contributed by atoms with van der Waals surface area (Å²) in [6, 6.07) is 7.09. The first-order valence-corrected chi connectivity index (χ1v) is 7.92. The number of nitrogens with zero attached hydrogens (tertiary/aromatic N) is 3. The summed E-state index contributed by atoms with van der Waals surface area (Å²) < 4.78 is 7.66. The zero-order valence-electron chi connectivity index (χ0n) is 12.3. The van der Waals surface area contributed by atoms with Crippen molar-refractivity contribution in [2.45, 2.75) is 24.9 Å². The van der Waals surface area contributed by atoms with Gasteiger partial charge in [0.05, 0.1) is 6.61 Å². The van der Waals surface area contributed by atoms with E-state index in [2.05, 4.69) is 17.1 Å². The number of aryl methyl sites for hydroxylation is 1. The number of thioether (sulfide) groups is 1. The molecule has 21 heavy (non-hydrogen) atoms. The van der Waals surface area contributed by atoms with Crippen molar-refractivity contribution >= 4 is 18.0 Å². The number of ether oxygens (including phenoxy) is 1. The van der Waals surface area contributed by atoms with Crippen LogP contribution in [0.15, 0.2) is 29.4 Å². The van der Waals surface area contributed by atoms with Crippen LogP contribution in [0.2, 0.25) is 0 Å². The minimum Gasteiger partial charge on any atom is -0.493 e. The number of aldehydes is 1. The van der Waals surface area contributed by atoms with Gasteiger partial charge in [-0.15, -0.1) is 10.2 Å². The van der Waals surface area contributed by atoms with Crippen LogP contribution in [0.4, 0.5) is 0 Å². The molecule has 0 saturated heterocycles. The van der Waals surface area contributed by atoms with Crippen molar-refractivity contribution in [3.8, 4) is 5.75 Å². The highest BCUT2D eigenvalue weighted by atomic mass is 32.2. The van der Waals surface area contributed by atoms with Gasteiger partial charge in [-0.1, -0.05) is 18.7 Å². The molecule has 5 nitrogen and oxygen atoms in total. The number of hydrogen-bond donors (Lipinski definition) is 0. The zero-order chi connectivity index (χ0) is 15.1. The molecule has 6 heteroatoms. The number of carbonyl (C=O) groups is 1. The fourth-order valence-corrected chi connectivity index (χ4v) is 2.59. The van der Waals surface area contributed by atoms with Gasteiger partial charge in [0.15, 0.2) is 5.16 Å². The molecule has 0 bridgehead atoms. The van der Waals surface area contributed by atoms with E-state index < -0.39 is 0 Å². The van der Waals surface area contributed by atoms with E-state index in [1.165, 1.54) is 0 Å². The van der Waals surface area contributed by atoms with E-state index in [9.17, 15) is 4.79 Å². The maximum Gasteiger partial charge on any atom is 0.191 e. The minimum atomic E-state index is 0.584. The van der Waals surface area contributed by atoms with Crippen molar-refractivity contribution in [3.05, 3.63) is 35.7 Å². The first-order valence-electron chi connectivity index (χ1n) is 6.93. The van der Waals surface area contributed by atoms with E-state index in [0.717, 1.165) is 41.6 Å². The lowest BCUT2D eigenvalue weighted by Gasteiger charge is -2.06. The van der Waals surface area contributed by atoms with Gasteiger partial charge in [-0.05, 0) is 30.7 Å². The number of aromatic nitrogens is 3. The van der Waals surface area contributed by atoms with Crippen molar-refractivity contribution < 1.29 is 9.53 Å². The molecule has 2 rings (SSSR count). The lowest BCUT2D eigenvalue weighted by molar-refractivity contribution is 0.112. The summed E-state index contributed by atoms with van der Waals surface area (Å²) in [5.74, 6) is 2.59. The van der Waals surface area contributed by atoms with E-state index >= 15 is 0 Å². The average molecular weight is 305 g/mol. The molecule has 0 aliphatic heterocycles. The number of hydrogen-bond acceptors (Lipinski definition) is 5. The van der Waals surface area contributed by atoms with E-state index in [1.807, 2.05) is 11.6 Å². The second kappa shape index (κ2) is 7.83. The molecule has 0 aliphatic rings. The quantitative estimate of drug-likeness (QED) is 0.426. The number of carbonyl (C=O) groups excluding carboxylic acids is 1. The SMILES string of the molecule is CCCc1nnc(SCCOc2ccc(C=O)cc2)n1C. The minimum absolute atomic E-state index is 0.584. The second-order valence-corrected chi connectivity index (χ2v) is 5.65. The monoisotopic (exact) mass is 305 g/mol. The highest BCUT2D eigenvalue weighted by Gasteiger charge is 2.08. The van der Waals surface area contributed by atoms with Gasteiger partial charge >= 0.3 is 0 Å². The summed E-state index contributed by atoms with van der Waals surface area (Å²) in [5.41, 5.74) is 0.652. The normalized spacial score (nSPS) is 10.6. The van der Waals surface area contributed by atoms with Crippen molar-refractivity contribution in [1.82, 2.24) is 14.8 Å². The number of benzene rings is 1. The highest BCUT2D eigenvalue weighted by molar-refractivity contribution is 7.99. The fourth-order valence-electron chi connectivity index (χ4n) is 1.85. The standard InChI is InChI=1S/C15H19N3O2S/c1-3-4-14-16-17-15(18(14)2)21-10-9-20-13-7-5-12(11-19)6-8-13/h5-8,11H,3-4,9-10H2,1-2H3. The van der Waals surface area contributed by atoms with Crippen LogP contribution >= 0.6 is 11.8 Å². The van der Waals surface area contributed by atoms with Gasteiger partial charge < -0.3 is 9.30 Å². The van der Waals surface area contributed by atoms with Crippen LogP contribution in [0.3, 0.4) is 0 Å². The molecule has 0 atom stereocenters. The molecule has 1 heterocycles.